The zero-order valence-electron chi connectivity index (χ0n) is 26.4. The second-order valence-corrected chi connectivity index (χ2v) is 11.2. The molecule has 5 nitrogen and oxygen atoms in total. The molecule has 0 aromatic carbocycles. The van der Waals surface area contributed by atoms with E-state index in [0.29, 0.717) is 12.8 Å². The Morgan fingerprint density at radius 1 is 0.575 bits per heavy atom. The van der Waals surface area contributed by atoms with E-state index in [9.17, 15) is 14.7 Å². The number of carbonyl (C=O) groups is 2. The van der Waals surface area contributed by atoms with Crippen molar-refractivity contribution >= 4 is 11.9 Å². The van der Waals surface area contributed by atoms with Gasteiger partial charge in [0.25, 0.3) is 0 Å². The monoisotopic (exact) mass is 564 g/mol. The fraction of sp³-hybridized carbons (Fsp3) is 0.829. The molecule has 0 aromatic heterocycles. The van der Waals surface area contributed by atoms with Crippen LogP contribution in [0.2, 0.25) is 0 Å². The molecule has 1 N–H and O–H groups in total. The van der Waals surface area contributed by atoms with Gasteiger partial charge in [-0.2, -0.15) is 0 Å². The predicted octanol–water partition coefficient (Wildman–Crippen LogP) is 9.95. The van der Waals surface area contributed by atoms with E-state index < -0.39 is 6.10 Å². The number of ether oxygens (including phenoxy) is 2. The topological polar surface area (TPSA) is 72.8 Å². The van der Waals surface area contributed by atoms with E-state index in [1.54, 1.807) is 0 Å². The van der Waals surface area contributed by atoms with Crippen LogP contribution < -0.4 is 0 Å². The Hall–Kier alpha value is -1.62. The average Bonchev–Trinajstić information content (AvgIpc) is 2.96. The first-order valence-corrected chi connectivity index (χ1v) is 16.9. The molecule has 0 aliphatic rings. The van der Waals surface area contributed by atoms with Crippen molar-refractivity contribution in [2.45, 2.75) is 174 Å². The van der Waals surface area contributed by atoms with Gasteiger partial charge in [-0.25, -0.2) is 0 Å². The highest BCUT2D eigenvalue weighted by atomic mass is 16.6. The second kappa shape index (κ2) is 31.9. The molecule has 0 fully saturated rings. The van der Waals surface area contributed by atoms with Gasteiger partial charge < -0.3 is 14.6 Å². The quantitative estimate of drug-likeness (QED) is 0.0534. The van der Waals surface area contributed by atoms with Gasteiger partial charge in [-0.1, -0.05) is 141 Å². The molecule has 0 saturated carbocycles. The number of esters is 2. The lowest BCUT2D eigenvalue weighted by atomic mass is 10.0. The molecule has 0 aliphatic carbocycles. The van der Waals surface area contributed by atoms with Crippen molar-refractivity contribution in [3.63, 3.8) is 0 Å². The number of allylic oxidation sites excluding steroid dienone is 4. The van der Waals surface area contributed by atoms with Gasteiger partial charge in [0.05, 0.1) is 6.61 Å². The summed E-state index contributed by atoms with van der Waals surface area (Å²) < 4.78 is 10.5. The van der Waals surface area contributed by atoms with Crippen LogP contribution in [0, 0.1) is 0 Å². The molecule has 5 heteroatoms. The fourth-order valence-corrected chi connectivity index (χ4v) is 4.63. The number of rotatable bonds is 30. The highest BCUT2D eigenvalue weighted by Crippen LogP contribution is 2.13. The molecule has 0 bridgehead atoms. The molecule has 0 heterocycles. The molecular weight excluding hydrogens is 500 g/mol. The first kappa shape index (κ1) is 38.4. The van der Waals surface area contributed by atoms with E-state index in [1.165, 1.54) is 89.9 Å². The average molecular weight is 565 g/mol. The lowest BCUT2D eigenvalue weighted by Crippen LogP contribution is -2.28. The zero-order chi connectivity index (χ0) is 29.4. The molecule has 40 heavy (non-hydrogen) atoms. The summed E-state index contributed by atoms with van der Waals surface area (Å²) in [5.41, 5.74) is 0. The van der Waals surface area contributed by atoms with Crippen LogP contribution in [0.1, 0.15) is 168 Å². The highest BCUT2D eigenvalue weighted by Gasteiger charge is 2.16. The first-order chi connectivity index (χ1) is 19.6. The summed E-state index contributed by atoms with van der Waals surface area (Å²) in [4.78, 5) is 24.1. The summed E-state index contributed by atoms with van der Waals surface area (Å²) in [6, 6.07) is 0. The van der Waals surface area contributed by atoms with Gasteiger partial charge >= 0.3 is 11.9 Å². The highest BCUT2D eigenvalue weighted by molar-refractivity contribution is 5.70. The van der Waals surface area contributed by atoms with Gasteiger partial charge in [-0.3, -0.25) is 9.59 Å². The number of carbonyl (C=O) groups excluding carboxylic acids is 2. The summed E-state index contributed by atoms with van der Waals surface area (Å²) in [5, 5.41) is 9.49. The maximum atomic E-state index is 12.1. The molecule has 0 aliphatic heterocycles. The van der Waals surface area contributed by atoms with Crippen LogP contribution in [0.4, 0.5) is 0 Å². The Labute approximate surface area is 247 Å². The molecular formula is C35H64O5. The predicted molar refractivity (Wildman–Crippen MR) is 168 cm³/mol. The fourth-order valence-electron chi connectivity index (χ4n) is 4.63. The van der Waals surface area contributed by atoms with E-state index in [0.717, 1.165) is 51.4 Å². The van der Waals surface area contributed by atoms with Gasteiger partial charge in [-0.15, -0.1) is 0 Å². The largest absolute Gasteiger partial charge is 0.462 e. The Kier molecular flexibility index (Phi) is 30.6. The summed E-state index contributed by atoms with van der Waals surface area (Å²) in [5.74, 6) is -0.606. The van der Waals surface area contributed by atoms with Gasteiger partial charge in [0.2, 0.25) is 0 Å². The lowest BCUT2D eigenvalue weighted by Gasteiger charge is -2.15. The van der Waals surface area contributed by atoms with Crippen LogP contribution in [0.5, 0.6) is 0 Å². The Morgan fingerprint density at radius 2 is 1.02 bits per heavy atom. The normalized spacial score (nSPS) is 12.4. The molecule has 234 valence electrons. The maximum Gasteiger partial charge on any atom is 0.306 e. The van der Waals surface area contributed by atoms with E-state index in [1.807, 2.05) is 0 Å². The van der Waals surface area contributed by atoms with Crippen molar-refractivity contribution in [1.82, 2.24) is 0 Å². The number of aliphatic hydroxyl groups is 1. The van der Waals surface area contributed by atoms with Crippen molar-refractivity contribution in [3.8, 4) is 0 Å². The van der Waals surface area contributed by atoms with Crippen molar-refractivity contribution in [2.24, 2.45) is 0 Å². The molecule has 0 rings (SSSR count). The van der Waals surface area contributed by atoms with Crippen LogP contribution in [0.3, 0.4) is 0 Å². The third kappa shape index (κ3) is 29.4. The molecule has 0 saturated heterocycles. The number of unbranched alkanes of at least 4 members (excludes halogenated alkanes) is 18. The maximum absolute atomic E-state index is 12.1. The van der Waals surface area contributed by atoms with Crippen molar-refractivity contribution in [1.29, 1.82) is 0 Å². The van der Waals surface area contributed by atoms with E-state index in [2.05, 4.69) is 38.2 Å². The minimum Gasteiger partial charge on any atom is -0.462 e. The van der Waals surface area contributed by atoms with Crippen LogP contribution in [-0.2, 0) is 19.1 Å². The Bertz CT molecular complexity index is 613. The number of hydrogen-bond acceptors (Lipinski definition) is 5. The standard InChI is InChI=1S/C35H64O5/c1-3-5-7-9-11-13-15-17-18-20-22-24-26-28-30-35(38)40-33(31-36)32-39-34(37)29-27-25-23-21-19-16-14-12-10-8-6-4-2/h9,11,15,17,33,36H,3-8,10,12-14,16,18-32H2,1-2H3/b11-9-,17-15-. The van der Waals surface area contributed by atoms with E-state index >= 15 is 0 Å². The van der Waals surface area contributed by atoms with E-state index in [-0.39, 0.29) is 25.2 Å². The smallest absolute Gasteiger partial charge is 0.306 e. The molecule has 0 spiro atoms. The summed E-state index contributed by atoms with van der Waals surface area (Å²) in [6.45, 7) is 4.07. The summed E-state index contributed by atoms with van der Waals surface area (Å²) >= 11 is 0. The van der Waals surface area contributed by atoms with Crippen LogP contribution in [-0.4, -0.2) is 36.4 Å². The summed E-state index contributed by atoms with van der Waals surface area (Å²) in [6.07, 6.45) is 35.1. The molecule has 0 radical (unpaired) electrons. The van der Waals surface area contributed by atoms with Crippen LogP contribution in [0.25, 0.3) is 0 Å². The third-order valence-corrected chi connectivity index (χ3v) is 7.25. The molecule has 1 unspecified atom stereocenters. The van der Waals surface area contributed by atoms with Crippen molar-refractivity contribution in [2.75, 3.05) is 13.2 Å². The molecule has 0 amide bonds. The van der Waals surface area contributed by atoms with Crippen molar-refractivity contribution < 1.29 is 24.2 Å². The lowest BCUT2D eigenvalue weighted by molar-refractivity contribution is -0.161. The minimum atomic E-state index is -0.772. The van der Waals surface area contributed by atoms with Gasteiger partial charge in [0.1, 0.15) is 6.61 Å². The number of hydrogen-bond donors (Lipinski definition) is 1. The van der Waals surface area contributed by atoms with Gasteiger partial charge in [0, 0.05) is 12.8 Å². The summed E-state index contributed by atoms with van der Waals surface area (Å²) in [7, 11) is 0. The van der Waals surface area contributed by atoms with E-state index in [4.69, 9.17) is 9.47 Å². The first-order valence-electron chi connectivity index (χ1n) is 16.9. The molecule has 1 atom stereocenters. The number of aliphatic hydroxyl groups excluding tert-OH is 1. The SMILES string of the molecule is CCCC/C=C\C/C=C\CCCCCCCC(=O)OC(CO)COC(=O)CCCCCCCCCCCCCC. The zero-order valence-corrected chi connectivity index (χ0v) is 26.4. The Balaban J connectivity index is 3.60. The van der Waals surface area contributed by atoms with Gasteiger partial charge in [-0.05, 0) is 38.5 Å². The van der Waals surface area contributed by atoms with Crippen LogP contribution in [0.15, 0.2) is 24.3 Å². The van der Waals surface area contributed by atoms with Crippen LogP contribution >= 0.6 is 0 Å². The van der Waals surface area contributed by atoms with Crippen molar-refractivity contribution in [3.05, 3.63) is 24.3 Å². The third-order valence-electron chi connectivity index (χ3n) is 7.25. The Morgan fingerprint density at radius 3 is 1.55 bits per heavy atom. The minimum absolute atomic E-state index is 0.0681. The second-order valence-electron chi connectivity index (χ2n) is 11.2. The molecule has 0 aromatic rings. The van der Waals surface area contributed by atoms with Gasteiger partial charge in [0.15, 0.2) is 6.10 Å².